The molecule has 2 aromatic carbocycles. The number of aromatic nitrogens is 3. The number of hydrogen-bond acceptors (Lipinski definition) is 5. The second-order valence-corrected chi connectivity index (χ2v) is 8.67. The molecule has 8 nitrogen and oxygen atoms in total. The van der Waals surface area contributed by atoms with Gasteiger partial charge in [-0.15, -0.1) is 0 Å². The van der Waals surface area contributed by atoms with Gasteiger partial charge in [0.15, 0.2) is 0 Å². The molecule has 1 atom stereocenters. The first-order valence-electron chi connectivity index (χ1n) is 11.8. The average molecular weight is 473 g/mol. The van der Waals surface area contributed by atoms with E-state index in [2.05, 4.69) is 10.4 Å². The Bertz CT molecular complexity index is 1320. The second kappa shape index (κ2) is 10.1. The van der Waals surface area contributed by atoms with Crippen LogP contribution in [0.4, 0.5) is 0 Å². The Labute approximate surface area is 203 Å². The van der Waals surface area contributed by atoms with Gasteiger partial charge >= 0.3 is 0 Å². The van der Waals surface area contributed by atoms with Crippen molar-refractivity contribution >= 4 is 5.91 Å². The number of rotatable bonds is 8. The van der Waals surface area contributed by atoms with Crippen molar-refractivity contribution in [2.24, 2.45) is 0 Å². The zero-order chi connectivity index (χ0) is 24.2. The number of nitrogens with one attached hydrogen (secondary N) is 1. The largest absolute Gasteiger partial charge is 0.497 e. The summed E-state index contributed by atoms with van der Waals surface area (Å²) in [6.45, 7) is 1.78. The van der Waals surface area contributed by atoms with Gasteiger partial charge in [0.2, 0.25) is 0 Å². The van der Waals surface area contributed by atoms with Gasteiger partial charge in [-0.3, -0.25) is 9.59 Å². The summed E-state index contributed by atoms with van der Waals surface area (Å²) < 4.78 is 14.2. The van der Waals surface area contributed by atoms with Crippen LogP contribution in [0.2, 0.25) is 0 Å². The maximum atomic E-state index is 13.3. The fraction of sp³-hybridized carbons (Fsp3) is 0.296. The fourth-order valence-electron chi connectivity index (χ4n) is 4.41. The molecule has 3 aliphatic rings. The van der Waals surface area contributed by atoms with E-state index >= 15 is 0 Å². The fourth-order valence-corrected chi connectivity index (χ4v) is 4.41. The minimum Gasteiger partial charge on any atom is -0.497 e. The lowest BCUT2D eigenvalue weighted by molar-refractivity contribution is 0.0937. The lowest BCUT2D eigenvalue weighted by atomic mass is 10.1. The number of methoxy groups -OCH3 is 1. The summed E-state index contributed by atoms with van der Waals surface area (Å²) in [5.41, 5.74) is 2.68. The van der Waals surface area contributed by atoms with Crippen LogP contribution in [0.15, 0.2) is 71.8 Å². The monoisotopic (exact) mass is 472 g/mol. The Morgan fingerprint density at radius 2 is 1.94 bits per heavy atom. The van der Waals surface area contributed by atoms with Crippen molar-refractivity contribution in [1.29, 1.82) is 0 Å². The van der Waals surface area contributed by atoms with E-state index in [0.29, 0.717) is 42.0 Å². The SMILES string of the molecule is COc1ccc(CCNC(=O)c2cn(C[C@H]3CCCO3)cc3c(=O)n(-c4ccccc4)nc2-3)cc1. The van der Waals surface area contributed by atoms with Crippen LogP contribution in [0.5, 0.6) is 5.75 Å². The topological polar surface area (TPSA) is 87.4 Å². The van der Waals surface area contributed by atoms with Crippen molar-refractivity contribution in [2.45, 2.75) is 31.9 Å². The highest BCUT2D eigenvalue weighted by molar-refractivity contribution is 5.99. The number of para-hydroxylation sites is 1. The van der Waals surface area contributed by atoms with E-state index in [9.17, 15) is 9.59 Å². The van der Waals surface area contributed by atoms with Crippen molar-refractivity contribution in [3.8, 4) is 22.7 Å². The number of carbonyl (C=O) groups is 1. The third-order valence-electron chi connectivity index (χ3n) is 6.26. The van der Waals surface area contributed by atoms with Gasteiger partial charge < -0.3 is 19.4 Å². The Morgan fingerprint density at radius 3 is 2.66 bits per heavy atom. The molecule has 8 heteroatoms. The van der Waals surface area contributed by atoms with Crippen LogP contribution < -0.4 is 15.6 Å². The highest BCUT2D eigenvalue weighted by atomic mass is 16.5. The summed E-state index contributed by atoms with van der Waals surface area (Å²) in [6.07, 6.45) is 6.27. The van der Waals surface area contributed by atoms with E-state index in [0.717, 1.165) is 30.8 Å². The van der Waals surface area contributed by atoms with Crippen LogP contribution in [0.25, 0.3) is 16.9 Å². The van der Waals surface area contributed by atoms with Crippen LogP contribution in [0.1, 0.15) is 28.8 Å². The lowest BCUT2D eigenvalue weighted by Gasteiger charge is -2.16. The molecule has 5 rings (SSSR count). The molecule has 0 aromatic heterocycles. The summed E-state index contributed by atoms with van der Waals surface area (Å²) >= 11 is 0. The van der Waals surface area contributed by atoms with Crippen molar-refractivity contribution in [3.63, 3.8) is 0 Å². The zero-order valence-corrected chi connectivity index (χ0v) is 19.6. The van der Waals surface area contributed by atoms with Crippen molar-refractivity contribution in [2.75, 3.05) is 20.3 Å². The molecule has 1 fully saturated rings. The summed E-state index contributed by atoms with van der Waals surface area (Å²) in [5, 5.41) is 7.54. The van der Waals surface area contributed by atoms with E-state index < -0.39 is 0 Å². The Kier molecular flexibility index (Phi) is 6.63. The van der Waals surface area contributed by atoms with Crippen LogP contribution >= 0.6 is 0 Å². The molecule has 3 aliphatic heterocycles. The number of fused-ring (bicyclic) bond motifs is 1. The van der Waals surface area contributed by atoms with E-state index in [1.54, 1.807) is 19.5 Å². The Morgan fingerprint density at radius 1 is 1.14 bits per heavy atom. The summed E-state index contributed by atoms with van der Waals surface area (Å²) in [6, 6.07) is 17.0. The predicted molar refractivity (Wildman–Crippen MR) is 132 cm³/mol. The van der Waals surface area contributed by atoms with Gasteiger partial charge in [0.05, 0.1) is 30.0 Å². The maximum absolute atomic E-state index is 13.3. The quantitative estimate of drug-likeness (QED) is 0.425. The van der Waals surface area contributed by atoms with Gasteiger partial charge in [-0.05, 0) is 49.1 Å². The molecule has 0 saturated carbocycles. The first-order valence-corrected chi connectivity index (χ1v) is 11.8. The number of benzene rings is 2. The Balaban J connectivity index is 1.43. The summed E-state index contributed by atoms with van der Waals surface area (Å²) in [7, 11) is 1.63. The number of hydrogen-bond donors (Lipinski definition) is 1. The maximum Gasteiger partial charge on any atom is 0.282 e. The number of ether oxygens (including phenoxy) is 2. The molecule has 0 aliphatic carbocycles. The number of nitrogens with zero attached hydrogens (tertiary/aromatic N) is 3. The molecule has 0 unspecified atom stereocenters. The molecule has 1 saturated heterocycles. The molecule has 1 amide bonds. The molecule has 2 aromatic rings. The number of pyridine rings is 1. The molecule has 1 N–H and O–H groups in total. The first kappa shape index (κ1) is 22.9. The smallest absolute Gasteiger partial charge is 0.282 e. The minimum atomic E-state index is -0.261. The van der Waals surface area contributed by atoms with E-state index in [1.165, 1.54) is 4.68 Å². The molecule has 3 heterocycles. The van der Waals surface area contributed by atoms with Crippen molar-refractivity contribution in [3.05, 3.63) is 88.5 Å². The van der Waals surface area contributed by atoms with Gasteiger partial charge in [-0.2, -0.15) is 9.78 Å². The zero-order valence-electron chi connectivity index (χ0n) is 19.6. The van der Waals surface area contributed by atoms with Gasteiger partial charge in [-0.1, -0.05) is 30.3 Å². The van der Waals surface area contributed by atoms with Crippen LogP contribution in [0.3, 0.4) is 0 Å². The summed E-state index contributed by atoms with van der Waals surface area (Å²) in [5.74, 6) is 0.533. The molecular formula is C27H28N4O4. The Hall–Kier alpha value is -3.91. The third kappa shape index (κ3) is 4.97. The normalized spacial score (nSPS) is 15.4. The standard InChI is InChI=1S/C27H28N4O4/c1-34-21-11-9-19(10-12-21)13-14-28-26(32)23-17-30(16-22-8-5-15-35-22)18-24-25(23)29-31(27(24)33)20-6-3-2-4-7-20/h2-4,6-7,9-12,17-18,22H,5,8,13-16H2,1H3,(H,28,32)/t22-/m1/s1. The number of carbonyl (C=O) groups excluding carboxylic acids is 1. The minimum absolute atomic E-state index is 0.0719. The second-order valence-electron chi connectivity index (χ2n) is 8.67. The predicted octanol–water partition coefficient (Wildman–Crippen LogP) is 3.30. The lowest BCUT2D eigenvalue weighted by Crippen LogP contribution is -2.28. The molecular weight excluding hydrogens is 444 g/mol. The molecule has 0 bridgehead atoms. The van der Waals surface area contributed by atoms with Crippen LogP contribution in [0, 0.1) is 0 Å². The number of amides is 1. The van der Waals surface area contributed by atoms with Crippen LogP contribution in [-0.4, -0.2) is 46.6 Å². The highest BCUT2D eigenvalue weighted by Crippen LogP contribution is 2.24. The molecule has 35 heavy (non-hydrogen) atoms. The van der Waals surface area contributed by atoms with Crippen LogP contribution in [-0.2, 0) is 17.7 Å². The van der Waals surface area contributed by atoms with E-state index in [-0.39, 0.29) is 17.6 Å². The molecule has 0 spiro atoms. The van der Waals surface area contributed by atoms with Gasteiger partial charge in [0.1, 0.15) is 11.4 Å². The van der Waals surface area contributed by atoms with Gasteiger partial charge in [-0.25, -0.2) is 0 Å². The van der Waals surface area contributed by atoms with E-state index in [1.807, 2.05) is 59.2 Å². The van der Waals surface area contributed by atoms with Gasteiger partial charge in [0.25, 0.3) is 11.5 Å². The first-order chi connectivity index (χ1) is 17.1. The van der Waals surface area contributed by atoms with E-state index in [4.69, 9.17) is 9.47 Å². The third-order valence-corrected chi connectivity index (χ3v) is 6.26. The van der Waals surface area contributed by atoms with Crippen molar-refractivity contribution < 1.29 is 14.3 Å². The summed E-state index contributed by atoms with van der Waals surface area (Å²) in [4.78, 5) is 26.5. The van der Waals surface area contributed by atoms with Crippen molar-refractivity contribution in [1.82, 2.24) is 19.7 Å². The average Bonchev–Trinajstić information content (AvgIpc) is 3.52. The highest BCUT2D eigenvalue weighted by Gasteiger charge is 2.25. The molecule has 0 radical (unpaired) electrons. The molecule has 180 valence electrons. The van der Waals surface area contributed by atoms with Gasteiger partial charge in [0, 0.05) is 32.1 Å².